The number of likely N-dealkylation sites (tertiary alicyclic amines) is 1. The molecule has 2 aromatic heterocycles. The molecular formula is C32H29ClN6O2. The number of carbonyl (C=O) groups excluding carboxylic acids is 1. The van der Waals surface area contributed by atoms with Gasteiger partial charge in [0.15, 0.2) is 0 Å². The monoisotopic (exact) mass is 564 g/mol. The van der Waals surface area contributed by atoms with E-state index in [1.54, 1.807) is 18.3 Å². The van der Waals surface area contributed by atoms with Crippen LogP contribution in [0.5, 0.6) is 5.75 Å². The summed E-state index contributed by atoms with van der Waals surface area (Å²) < 4.78 is 5.84. The van der Waals surface area contributed by atoms with Crippen LogP contribution in [0.25, 0.3) is 10.9 Å². The average Bonchev–Trinajstić information content (AvgIpc) is 2.94. The number of amides is 1. The van der Waals surface area contributed by atoms with Crippen molar-refractivity contribution in [3.05, 3.63) is 90.0 Å². The van der Waals surface area contributed by atoms with E-state index in [0.29, 0.717) is 51.3 Å². The first-order valence-electron chi connectivity index (χ1n) is 13.4. The van der Waals surface area contributed by atoms with Crippen molar-refractivity contribution in [1.29, 1.82) is 0 Å². The first-order valence-corrected chi connectivity index (χ1v) is 13.8. The van der Waals surface area contributed by atoms with Gasteiger partial charge in [-0.1, -0.05) is 36.1 Å². The predicted molar refractivity (Wildman–Crippen MR) is 161 cm³/mol. The number of aromatic nitrogens is 3. The Hall–Kier alpha value is -4.45. The van der Waals surface area contributed by atoms with Crippen LogP contribution < -0.4 is 15.4 Å². The molecule has 41 heavy (non-hydrogen) atoms. The number of rotatable bonds is 7. The van der Waals surface area contributed by atoms with Crippen LogP contribution in [0.15, 0.2) is 73.7 Å². The Morgan fingerprint density at radius 3 is 2.78 bits per heavy atom. The van der Waals surface area contributed by atoms with Crippen LogP contribution in [-0.2, 0) is 11.4 Å². The summed E-state index contributed by atoms with van der Waals surface area (Å²) >= 11 is 6.52. The van der Waals surface area contributed by atoms with Gasteiger partial charge in [0.1, 0.15) is 24.5 Å². The minimum Gasteiger partial charge on any atom is -0.486 e. The molecule has 1 amide bonds. The number of nitrogens with one attached hydrogen (secondary N) is 2. The van der Waals surface area contributed by atoms with Gasteiger partial charge >= 0.3 is 0 Å². The third-order valence-corrected chi connectivity index (χ3v) is 7.79. The molecule has 1 saturated heterocycles. The largest absolute Gasteiger partial charge is 0.486 e. The average molecular weight is 565 g/mol. The van der Waals surface area contributed by atoms with Crippen LogP contribution in [-0.4, -0.2) is 45.9 Å². The molecule has 0 bridgehead atoms. The molecule has 8 nitrogen and oxygen atoms in total. The summed E-state index contributed by atoms with van der Waals surface area (Å²) in [6.07, 6.45) is 6.71. The molecule has 1 saturated carbocycles. The molecule has 2 N–H and O–H groups in total. The lowest BCUT2D eigenvalue weighted by atomic mass is 9.58. The summed E-state index contributed by atoms with van der Waals surface area (Å²) in [6.45, 7) is 6.21. The quantitative estimate of drug-likeness (QED) is 0.216. The Morgan fingerprint density at radius 2 is 2.05 bits per heavy atom. The maximum Gasteiger partial charge on any atom is 0.247 e. The van der Waals surface area contributed by atoms with Gasteiger partial charge in [0, 0.05) is 36.3 Å². The smallest absolute Gasteiger partial charge is 0.247 e. The summed E-state index contributed by atoms with van der Waals surface area (Å²) in [4.78, 5) is 27.8. The standard InChI is InChI=1S/C32H29ClN6O2/c1-3-30(40)38-27-14-25-28(12-22(27)8-7-21-15-32(16-21)18-39(2)19-32)35-20-36-31(25)37-23-9-10-29(26(33)13-23)41-17-24-6-4-5-11-34-24/h3-6,9-14,20-21H,1,15-19H2,2H3,(H,38,40)(H,35,36,37). The zero-order chi connectivity index (χ0) is 28.4. The number of nitrogens with zero attached hydrogens (tertiary/aromatic N) is 4. The molecule has 206 valence electrons. The molecule has 1 aliphatic heterocycles. The predicted octanol–water partition coefficient (Wildman–Crippen LogP) is 5.82. The highest BCUT2D eigenvalue weighted by atomic mass is 35.5. The number of ether oxygens (including phenoxy) is 1. The van der Waals surface area contributed by atoms with Crippen LogP contribution in [0.3, 0.4) is 0 Å². The number of pyridine rings is 1. The van der Waals surface area contributed by atoms with Crippen LogP contribution >= 0.6 is 11.6 Å². The normalized spacial score (nSPS) is 15.8. The Kier molecular flexibility index (Phi) is 7.31. The van der Waals surface area contributed by atoms with Crippen molar-refractivity contribution in [2.24, 2.45) is 11.3 Å². The van der Waals surface area contributed by atoms with Gasteiger partial charge in [-0.05, 0) is 73.8 Å². The number of carbonyl (C=O) groups is 1. The van der Waals surface area contributed by atoms with Gasteiger partial charge in [-0.3, -0.25) is 9.78 Å². The summed E-state index contributed by atoms with van der Waals surface area (Å²) in [5, 5.41) is 7.40. The molecule has 1 spiro atoms. The second-order valence-electron chi connectivity index (χ2n) is 10.8. The fraction of sp³-hybridized carbons (Fsp3) is 0.250. The lowest BCUT2D eigenvalue weighted by molar-refractivity contribution is -0.111. The zero-order valence-electron chi connectivity index (χ0n) is 22.7. The molecular weight excluding hydrogens is 536 g/mol. The van der Waals surface area contributed by atoms with Gasteiger partial charge < -0.3 is 20.3 Å². The van der Waals surface area contributed by atoms with Crippen molar-refractivity contribution in [2.75, 3.05) is 30.8 Å². The van der Waals surface area contributed by atoms with E-state index in [4.69, 9.17) is 16.3 Å². The lowest BCUT2D eigenvalue weighted by Crippen LogP contribution is -2.60. The number of fused-ring (bicyclic) bond motifs is 1. The first-order chi connectivity index (χ1) is 19.9. The second-order valence-corrected chi connectivity index (χ2v) is 11.2. The van der Waals surface area contributed by atoms with Crippen molar-refractivity contribution in [2.45, 2.75) is 19.4 Å². The molecule has 0 radical (unpaired) electrons. The van der Waals surface area contributed by atoms with Crippen molar-refractivity contribution in [1.82, 2.24) is 19.9 Å². The van der Waals surface area contributed by atoms with Crippen molar-refractivity contribution >= 4 is 45.6 Å². The van der Waals surface area contributed by atoms with Gasteiger partial charge in [-0.25, -0.2) is 9.97 Å². The summed E-state index contributed by atoms with van der Waals surface area (Å²) in [7, 11) is 2.15. The zero-order valence-corrected chi connectivity index (χ0v) is 23.4. The summed E-state index contributed by atoms with van der Waals surface area (Å²) in [6, 6.07) is 14.8. The summed E-state index contributed by atoms with van der Waals surface area (Å²) in [5.41, 5.74) is 3.99. The Balaban J connectivity index is 1.23. The van der Waals surface area contributed by atoms with E-state index in [1.807, 2.05) is 36.4 Å². The Morgan fingerprint density at radius 1 is 1.20 bits per heavy atom. The number of halogens is 1. The second kappa shape index (κ2) is 11.2. The molecule has 4 aromatic rings. The topological polar surface area (TPSA) is 92.3 Å². The molecule has 3 heterocycles. The fourth-order valence-corrected chi connectivity index (χ4v) is 5.92. The molecule has 9 heteroatoms. The first kappa shape index (κ1) is 26.8. The Bertz CT molecular complexity index is 1680. The van der Waals surface area contributed by atoms with E-state index in [-0.39, 0.29) is 5.91 Å². The minimum atomic E-state index is -0.313. The van der Waals surface area contributed by atoms with Crippen LogP contribution in [0, 0.1) is 23.2 Å². The molecule has 6 rings (SSSR count). The van der Waals surface area contributed by atoms with E-state index in [9.17, 15) is 4.79 Å². The van der Waals surface area contributed by atoms with Gasteiger partial charge in [0.05, 0.1) is 27.5 Å². The number of hydrogen-bond acceptors (Lipinski definition) is 7. The number of anilines is 3. The third-order valence-electron chi connectivity index (χ3n) is 7.49. The highest BCUT2D eigenvalue weighted by molar-refractivity contribution is 6.32. The van der Waals surface area contributed by atoms with Crippen LogP contribution in [0.2, 0.25) is 5.02 Å². The molecule has 2 fully saturated rings. The highest BCUT2D eigenvalue weighted by Crippen LogP contribution is 2.51. The summed E-state index contributed by atoms with van der Waals surface area (Å²) in [5.74, 6) is 7.90. The van der Waals surface area contributed by atoms with Gasteiger partial charge in [-0.15, -0.1) is 0 Å². The van der Waals surface area contributed by atoms with Crippen molar-refractivity contribution in [3.8, 4) is 17.6 Å². The van der Waals surface area contributed by atoms with E-state index in [0.717, 1.165) is 42.7 Å². The van der Waals surface area contributed by atoms with Gasteiger partial charge in [0.2, 0.25) is 5.91 Å². The fourth-order valence-electron chi connectivity index (χ4n) is 5.69. The highest BCUT2D eigenvalue weighted by Gasteiger charge is 2.50. The maximum atomic E-state index is 12.3. The minimum absolute atomic E-state index is 0.313. The van der Waals surface area contributed by atoms with Crippen molar-refractivity contribution < 1.29 is 9.53 Å². The molecule has 0 atom stereocenters. The maximum absolute atomic E-state index is 12.3. The van der Waals surface area contributed by atoms with Crippen molar-refractivity contribution in [3.63, 3.8) is 0 Å². The van der Waals surface area contributed by atoms with E-state index in [2.05, 4.69) is 56.0 Å². The van der Waals surface area contributed by atoms with Crippen LogP contribution in [0.4, 0.5) is 17.2 Å². The van der Waals surface area contributed by atoms with Crippen LogP contribution in [0.1, 0.15) is 24.1 Å². The SMILES string of the molecule is C=CC(=O)Nc1cc2c(Nc3ccc(OCc4ccccn4)c(Cl)c3)ncnc2cc1C#CC1CC2(C1)CN(C)C2. The molecule has 2 aliphatic rings. The Labute approximate surface area is 243 Å². The molecule has 0 unspecified atom stereocenters. The van der Waals surface area contributed by atoms with E-state index in [1.165, 1.54) is 12.4 Å². The van der Waals surface area contributed by atoms with Gasteiger partial charge in [-0.2, -0.15) is 0 Å². The molecule has 2 aromatic carbocycles. The van der Waals surface area contributed by atoms with E-state index >= 15 is 0 Å². The molecule has 1 aliphatic carbocycles. The lowest BCUT2D eigenvalue weighted by Gasteiger charge is -2.57. The third kappa shape index (κ3) is 5.87. The van der Waals surface area contributed by atoms with Gasteiger partial charge in [0.25, 0.3) is 0 Å². The number of hydrogen-bond donors (Lipinski definition) is 2. The van der Waals surface area contributed by atoms with E-state index < -0.39 is 0 Å². The number of benzene rings is 2.